The zero-order chi connectivity index (χ0) is 12.0. The molecule has 0 spiro atoms. The monoisotopic (exact) mass is 229 g/mol. The van der Waals surface area contributed by atoms with Crippen LogP contribution in [0.3, 0.4) is 0 Å². The van der Waals surface area contributed by atoms with Gasteiger partial charge in [-0.05, 0) is 13.8 Å². The van der Waals surface area contributed by atoms with Gasteiger partial charge in [0, 0.05) is 6.54 Å². The zero-order valence-corrected chi connectivity index (χ0v) is 9.85. The van der Waals surface area contributed by atoms with Crippen molar-refractivity contribution >= 4 is 5.97 Å². The summed E-state index contributed by atoms with van der Waals surface area (Å²) in [4.78, 5) is 13.2. The summed E-state index contributed by atoms with van der Waals surface area (Å²) in [6, 6.07) is 0. The molecule has 1 aliphatic rings. The van der Waals surface area contributed by atoms with Crippen molar-refractivity contribution in [1.82, 2.24) is 4.90 Å². The lowest BCUT2D eigenvalue weighted by Crippen LogP contribution is -2.48. The van der Waals surface area contributed by atoms with Crippen molar-refractivity contribution in [2.75, 3.05) is 26.2 Å². The molecule has 0 saturated carbocycles. The maximum atomic E-state index is 11.3. The van der Waals surface area contributed by atoms with Crippen LogP contribution in [-0.2, 0) is 19.0 Å². The van der Waals surface area contributed by atoms with E-state index in [1.165, 1.54) is 0 Å². The van der Waals surface area contributed by atoms with Crippen LogP contribution in [0.5, 0.6) is 0 Å². The van der Waals surface area contributed by atoms with E-state index in [0.29, 0.717) is 19.7 Å². The van der Waals surface area contributed by atoms with Crippen LogP contribution in [-0.4, -0.2) is 49.7 Å². The van der Waals surface area contributed by atoms with Gasteiger partial charge in [0.05, 0.1) is 19.7 Å². The van der Waals surface area contributed by atoms with Gasteiger partial charge in [0.15, 0.2) is 12.6 Å². The summed E-state index contributed by atoms with van der Waals surface area (Å²) in [5, 5.41) is 0. The van der Waals surface area contributed by atoms with E-state index in [-0.39, 0.29) is 25.1 Å². The van der Waals surface area contributed by atoms with E-state index >= 15 is 0 Å². The highest BCUT2D eigenvalue weighted by molar-refractivity contribution is 5.71. The first-order valence-electron chi connectivity index (χ1n) is 5.45. The Balaban J connectivity index is 2.29. The number of esters is 1. The molecule has 0 aromatic rings. The molecule has 5 nitrogen and oxygen atoms in total. The van der Waals surface area contributed by atoms with Gasteiger partial charge in [0.1, 0.15) is 0 Å². The van der Waals surface area contributed by atoms with Crippen molar-refractivity contribution in [3.8, 4) is 0 Å². The number of hydrogen-bond acceptors (Lipinski definition) is 5. The molecule has 0 aromatic heterocycles. The van der Waals surface area contributed by atoms with Crippen LogP contribution in [0.2, 0.25) is 0 Å². The Morgan fingerprint density at radius 3 is 2.75 bits per heavy atom. The number of rotatable bonds is 7. The lowest BCUT2D eigenvalue weighted by molar-refractivity contribution is -0.377. The Kier molecular flexibility index (Phi) is 5.45. The summed E-state index contributed by atoms with van der Waals surface area (Å²) in [6.45, 7) is 9.05. The second kappa shape index (κ2) is 6.62. The van der Waals surface area contributed by atoms with Gasteiger partial charge in [-0.25, -0.2) is 0 Å². The third-order valence-corrected chi connectivity index (χ3v) is 2.14. The molecule has 92 valence electrons. The summed E-state index contributed by atoms with van der Waals surface area (Å²) in [5.74, 6) is -0.239. The molecule has 1 aliphatic heterocycles. The molecule has 1 rings (SSSR count). The van der Waals surface area contributed by atoms with E-state index < -0.39 is 0 Å². The van der Waals surface area contributed by atoms with Crippen molar-refractivity contribution < 1.29 is 19.0 Å². The quantitative estimate of drug-likeness (QED) is 0.476. The Bertz CT molecular complexity index is 238. The normalized spacial score (nSPS) is 23.9. The van der Waals surface area contributed by atoms with E-state index in [0.717, 1.165) is 0 Å². The van der Waals surface area contributed by atoms with Crippen LogP contribution < -0.4 is 0 Å². The van der Waals surface area contributed by atoms with E-state index in [4.69, 9.17) is 14.2 Å². The second-order valence-electron chi connectivity index (χ2n) is 3.56. The molecular formula is C11H19NO4. The van der Waals surface area contributed by atoms with E-state index in [2.05, 4.69) is 6.58 Å². The fourth-order valence-corrected chi connectivity index (χ4v) is 1.51. The molecule has 1 saturated heterocycles. The molecule has 0 aromatic carbocycles. The van der Waals surface area contributed by atoms with Crippen LogP contribution in [0.1, 0.15) is 13.8 Å². The third kappa shape index (κ3) is 4.30. The molecular weight excluding hydrogens is 210 g/mol. The first-order chi connectivity index (χ1) is 7.65. The maximum Gasteiger partial charge on any atom is 0.320 e. The van der Waals surface area contributed by atoms with Crippen molar-refractivity contribution in [3.05, 3.63) is 12.7 Å². The highest BCUT2D eigenvalue weighted by Gasteiger charge is 2.29. The lowest BCUT2D eigenvalue weighted by Gasteiger charge is -2.36. The predicted octanol–water partition coefficient (Wildman–Crippen LogP) is 0.756. The summed E-state index contributed by atoms with van der Waals surface area (Å²) in [5.41, 5.74) is 0. The van der Waals surface area contributed by atoms with Crippen molar-refractivity contribution in [1.29, 1.82) is 0 Å². The van der Waals surface area contributed by atoms with E-state index in [1.807, 2.05) is 11.8 Å². The number of carbonyl (C=O) groups excluding carboxylic acids is 1. The molecule has 0 aliphatic carbocycles. The standard InChI is InChI=1S/C11H19NO4/c1-4-6-12(7-10(13)14-5-2)8-11-15-9(3)16-11/h4,9,11H,1,5-8H2,2-3H3. The van der Waals surface area contributed by atoms with Gasteiger partial charge < -0.3 is 14.2 Å². The Morgan fingerprint density at radius 2 is 2.25 bits per heavy atom. The third-order valence-electron chi connectivity index (χ3n) is 2.14. The minimum absolute atomic E-state index is 0.141. The molecule has 0 radical (unpaired) electrons. The van der Waals surface area contributed by atoms with Gasteiger partial charge in [0.25, 0.3) is 0 Å². The summed E-state index contributed by atoms with van der Waals surface area (Å²) in [6.07, 6.45) is 1.35. The van der Waals surface area contributed by atoms with Crippen LogP contribution in [0.25, 0.3) is 0 Å². The molecule has 0 N–H and O–H groups in total. The van der Waals surface area contributed by atoms with Crippen molar-refractivity contribution in [3.63, 3.8) is 0 Å². The largest absolute Gasteiger partial charge is 0.465 e. The SMILES string of the molecule is C=CCN(CC(=O)OCC)CC1OC(C)O1. The average molecular weight is 229 g/mol. The second-order valence-corrected chi connectivity index (χ2v) is 3.56. The Labute approximate surface area is 96.0 Å². The molecule has 0 atom stereocenters. The van der Waals surface area contributed by atoms with E-state index in [1.54, 1.807) is 13.0 Å². The summed E-state index contributed by atoms with van der Waals surface area (Å²) in [7, 11) is 0. The number of carbonyl (C=O) groups is 1. The molecule has 0 bridgehead atoms. The lowest BCUT2D eigenvalue weighted by atomic mass is 10.4. The molecule has 5 heteroatoms. The molecule has 0 unspecified atom stereocenters. The van der Waals surface area contributed by atoms with Crippen LogP contribution in [0.15, 0.2) is 12.7 Å². The van der Waals surface area contributed by atoms with Crippen LogP contribution >= 0.6 is 0 Å². The van der Waals surface area contributed by atoms with Crippen molar-refractivity contribution in [2.24, 2.45) is 0 Å². The number of hydrogen-bond donors (Lipinski definition) is 0. The first kappa shape index (κ1) is 13.2. The molecule has 0 amide bonds. The number of nitrogens with zero attached hydrogens (tertiary/aromatic N) is 1. The predicted molar refractivity (Wildman–Crippen MR) is 58.7 cm³/mol. The topological polar surface area (TPSA) is 48.0 Å². The zero-order valence-electron chi connectivity index (χ0n) is 9.85. The highest BCUT2D eigenvalue weighted by Crippen LogP contribution is 2.16. The average Bonchev–Trinajstić information content (AvgIpc) is 2.16. The molecule has 16 heavy (non-hydrogen) atoms. The fraction of sp³-hybridized carbons (Fsp3) is 0.727. The first-order valence-corrected chi connectivity index (χ1v) is 5.45. The van der Waals surface area contributed by atoms with Crippen LogP contribution in [0.4, 0.5) is 0 Å². The maximum absolute atomic E-state index is 11.3. The smallest absolute Gasteiger partial charge is 0.320 e. The van der Waals surface area contributed by atoms with Gasteiger partial charge in [-0.2, -0.15) is 0 Å². The Hall–Kier alpha value is -0.910. The van der Waals surface area contributed by atoms with Gasteiger partial charge in [-0.3, -0.25) is 9.69 Å². The van der Waals surface area contributed by atoms with Gasteiger partial charge >= 0.3 is 5.97 Å². The van der Waals surface area contributed by atoms with Gasteiger partial charge in [0.2, 0.25) is 0 Å². The fourth-order valence-electron chi connectivity index (χ4n) is 1.51. The summed E-state index contributed by atoms with van der Waals surface area (Å²) >= 11 is 0. The van der Waals surface area contributed by atoms with Gasteiger partial charge in [-0.1, -0.05) is 6.08 Å². The minimum atomic E-state index is -0.246. The number of ether oxygens (including phenoxy) is 3. The highest BCUT2D eigenvalue weighted by atomic mass is 16.9. The van der Waals surface area contributed by atoms with Crippen molar-refractivity contribution in [2.45, 2.75) is 26.4 Å². The van der Waals surface area contributed by atoms with Gasteiger partial charge in [-0.15, -0.1) is 6.58 Å². The molecule has 1 heterocycles. The van der Waals surface area contributed by atoms with E-state index in [9.17, 15) is 4.79 Å². The van der Waals surface area contributed by atoms with Crippen LogP contribution in [0, 0.1) is 0 Å². The summed E-state index contributed by atoms with van der Waals surface area (Å²) < 4.78 is 15.5. The Morgan fingerprint density at radius 1 is 1.56 bits per heavy atom. The molecule has 1 fully saturated rings. The minimum Gasteiger partial charge on any atom is -0.465 e.